The van der Waals surface area contributed by atoms with Crippen molar-refractivity contribution < 1.29 is 17.2 Å². The number of halogens is 2. The van der Waals surface area contributed by atoms with Crippen molar-refractivity contribution in [3.63, 3.8) is 0 Å². The summed E-state index contributed by atoms with van der Waals surface area (Å²) in [5, 5.41) is 8.24. The molecule has 0 saturated carbocycles. The van der Waals surface area contributed by atoms with Crippen LogP contribution in [-0.4, -0.2) is 8.42 Å². The lowest BCUT2D eigenvalue weighted by molar-refractivity contribution is 0.499. The van der Waals surface area contributed by atoms with Crippen molar-refractivity contribution in [1.82, 2.24) is 5.32 Å². The summed E-state index contributed by atoms with van der Waals surface area (Å²) in [5.74, 6) is -1.00. The molecule has 2 rings (SSSR count). The van der Waals surface area contributed by atoms with Gasteiger partial charge >= 0.3 is 0 Å². The van der Waals surface area contributed by atoms with Crippen LogP contribution in [0.2, 0.25) is 0 Å². The van der Waals surface area contributed by atoms with Gasteiger partial charge in [-0.3, -0.25) is 0 Å². The minimum absolute atomic E-state index is 0.0205. The van der Waals surface area contributed by atoms with Crippen molar-refractivity contribution in [1.29, 1.82) is 0 Å². The molecular weight excluding hydrogens is 322 g/mol. The van der Waals surface area contributed by atoms with Crippen LogP contribution in [0.1, 0.15) is 30.5 Å². The number of hydrogen-bond donors (Lipinski definition) is 2. The van der Waals surface area contributed by atoms with E-state index in [1.54, 1.807) is 12.1 Å². The number of benzene rings is 2. The van der Waals surface area contributed by atoms with Crippen LogP contribution in [0, 0.1) is 11.6 Å². The highest BCUT2D eigenvalue weighted by molar-refractivity contribution is 7.89. The normalized spacial score (nSPS) is 13.0. The van der Waals surface area contributed by atoms with E-state index in [0.717, 1.165) is 23.8 Å². The lowest BCUT2D eigenvalue weighted by Crippen LogP contribution is -2.21. The quantitative estimate of drug-likeness (QED) is 0.849. The second-order valence-corrected chi connectivity index (χ2v) is 6.76. The van der Waals surface area contributed by atoms with Gasteiger partial charge in [-0.1, -0.05) is 19.1 Å². The summed E-state index contributed by atoms with van der Waals surface area (Å²) >= 11 is 0. The molecule has 0 aliphatic rings. The Kier molecular flexibility index (Phi) is 5.46. The number of nitrogens with one attached hydrogen (secondary N) is 1. The number of nitrogens with two attached hydrogens (primary N) is 1. The van der Waals surface area contributed by atoms with Crippen LogP contribution in [0.5, 0.6) is 0 Å². The summed E-state index contributed by atoms with van der Waals surface area (Å²) in [6, 6.07) is 9.33. The largest absolute Gasteiger partial charge is 0.306 e. The number of primary sulfonamides is 1. The van der Waals surface area contributed by atoms with Crippen molar-refractivity contribution in [3.05, 3.63) is 65.2 Å². The number of rotatable bonds is 6. The topological polar surface area (TPSA) is 72.2 Å². The molecule has 0 amide bonds. The first-order valence-electron chi connectivity index (χ1n) is 7.11. The maximum Gasteiger partial charge on any atom is 0.238 e. The van der Waals surface area contributed by atoms with Gasteiger partial charge in [-0.25, -0.2) is 22.3 Å². The molecule has 2 aromatic rings. The molecule has 124 valence electrons. The third-order valence-corrected chi connectivity index (χ3v) is 4.45. The van der Waals surface area contributed by atoms with Crippen molar-refractivity contribution in [2.24, 2.45) is 5.14 Å². The molecule has 0 bridgehead atoms. The minimum atomic E-state index is -3.78. The fourth-order valence-corrected chi connectivity index (χ4v) is 2.89. The van der Waals surface area contributed by atoms with E-state index in [9.17, 15) is 17.2 Å². The van der Waals surface area contributed by atoms with E-state index < -0.39 is 21.7 Å². The van der Waals surface area contributed by atoms with E-state index in [4.69, 9.17) is 5.14 Å². The Labute approximate surface area is 134 Å². The van der Waals surface area contributed by atoms with Crippen LogP contribution in [0.4, 0.5) is 8.78 Å². The molecule has 0 unspecified atom stereocenters. The average Bonchev–Trinajstić information content (AvgIpc) is 2.50. The van der Waals surface area contributed by atoms with Gasteiger partial charge in [0, 0.05) is 18.2 Å². The summed E-state index contributed by atoms with van der Waals surface area (Å²) in [6.45, 7) is 2.03. The summed E-state index contributed by atoms with van der Waals surface area (Å²) in [7, 11) is -3.78. The molecule has 2 aromatic carbocycles. The highest BCUT2D eigenvalue weighted by Gasteiger charge is 2.14. The molecule has 0 radical (unpaired) electrons. The number of hydrogen-bond acceptors (Lipinski definition) is 3. The zero-order valence-electron chi connectivity index (χ0n) is 12.6. The zero-order chi connectivity index (χ0) is 17.0. The van der Waals surface area contributed by atoms with E-state index in [2.05, 4.69) is 5.32 Å². The third kappa shape index (κ3) is 4.57. The Bertz CT molecular complexity index is 794. The van der Waals surface area contributed by atoms with Crippen LogP contribution in [0.15, 0.2) is 47.4 Å². The molecule has 0 fully saturated rings. The van der Waals surface area contributed by atoms with Gasteiger partial charge in [-0.2, -0.15) is 0 Å². The first-order chi connectivity index (χ1) is 10.8. The minimum Gasteiger partial charge on any atom is -0.306 e. The highest BCUT2D eigenvalue weighted by atomic mass is 32.2. The summed E-state index contributed by atoms with van der Waals surface area (Å²) in [6.07, 6.45) is 0.644. The Hall–Kier alpha value is -1.83. The van der Waals surface area contributed by atoms with Gasteiger partial charge in [0.25, 0.3) is 0 Å². The molecule has 4 nitrogen and oxygen atoms in total. The molecule has 3 N–H and O–H groups in total. The molecular formula is C16H18F2N2O2S. The van der Waals surface area contributed by atoms with Gasteiger partial charge in [0.15, 0.2) is 0 Å². The molecule has 1 atom stereocenters. The Morgan fingerprint density at radius 2 is 1.91 bits per heavy atom. The van der Waals surface area contributed by atoms with Gasteiger partial charge in [-0.15, -0.1) is 0 Å². The first-order valence-corrected chi connectivity index (χ1v) is 8.66. The fourth-order valence-electron chi connectivity index (χ4n) is 2.32. The predicted molar refractivity (Wildman–Crippen MR) is 84.0 cm³/mol. The maximum absolute atomic E-state index is 13.6. The zero-order valence-corrected chi connectivity index (χ0v) is 13.4. The Balaban J connectivity index is 2.19. The van der Waals surface area contributed by atoms with Gasteiger partial charge in [0.2, 0.25) is 10.0 Å². The maximum atomic E-state index is 13.6. The number of sulfonamides is 1. The molecule has 23 heavy (non-hydrogen) atoms. The van der Waals surface area contributed by atoms with Gasteiger partial charge < -0.3 is 5.32 Å². The molecule has 0 aliphatic heterocycles. The van der Waals surface area contributed by atoms with Crippen LogP contribution in [0.3, 0.4) is 0 Å². The smallest absolute Gasteiger partial charge is 0.238 e. The van der Waals surface area contributed by atoms with Crippen molar-refractivity contribution >= 4 is 10.0 Å². The van der Waals surface area contributed by atoms with Gasteiger partial charge in [-0.05, 0) is 42.3 Å². The van der Waals surface area contributed by atoms with E-state index in [0.29, 0.717) is 6.42 Å². The lowest BCUT2D eigenvalue weighted by Gasteiger charge is -2.18. The Morgan fingerprint density at radius 1 is 1.17 bits per heavy atom. The van der Waals surface area contributed by atoms with Crippen LogP contribution < -0.4 is 10.5 Å². The second kappa shape index (κ2) is 7.16. The van der Waals surface area contributed by atoms with Crippen LogP contribution >= 0.6 is 0 Å². The van der Waals surface area contributed by atoms with E-state index in [1.165, 1.54) is 12.1 Å². The average molecular weight is 340 g/mol. The van der Waals surface area contributed by atoms with Crippen molar-refractivity contribution in [3.8, 4) is 0 Å². The first kappa shape index (κ1) is 17.5. The van der Waals surface area contributed by atoms with Gasteiger partial charge in [0.05, 0.1) is 4.90 Å². The molecule has 0 aromatic heterocycles. The Morgan fingerprint density at radius 3 is 2.57 bits per heavy atom. The van der Waals surface area contributed by atoms with Crippen molar-refractivity contribution in [2.75, 3.05) is 0 Å². The van der Waals surface area contributed by atoms with Crippen LogP contribution in [-0.2, 0) is 16.6 Å². The molecule has 0 aliphatic carbocycles. The summed E-state index contributed by atoms with van der Waals surface area (Å²) in [4.78, 5) is 0.0205. The van der Waals surface area contributed by atoms with E-state index >= 15 is 0 Å². The van der Waals surface area contributed by atoms with E-state index in [-0.39, 0.29) is 23.0 Å². The summed E-state index contributed by atoms with van der Waals surface area (Å²) < 4.78 is 49.7. The molecule has 0 saturated heterocycles. The fraction of sp³-hybridized carbons (Fsp3) is 0.250. The second-order valence-electron chi connectivity index (χ2n) is 5.19. The van der Waals surface area contributed by atoms with Crippen LogP contribution in [0.25, 0.3) is 0 Å². The molecule has 0 spiro atoms. The van der Waals surface area contributed by atoms with E-state index in [1.807, 2.05) is 6.92 Å². The predicted octanol–water partition coefficient (Wildman–Crippen LogP) is 2.85. The van der Waals surface area contributed by atoms with Crippen molar-refractivity contribution in [2.45, 2.75) is 30.8 Å². The molecule has 7 heteroatoms. The summed E-state index contributed by atoms with van der Waals surface area (Å²) in [5.41, 5.74) is 0.932. The molecule has 0 heterocycles. The highest BCUT2D eigenvalue weighted by Crippen LogP contribution is 2.21. The monoisotopic (exact) mass is 340 g/mol. The van der Waals surface area contributed by atoms with Gasteiger partial charge in [0.1, 0.15) is 11.6 Å². The third-order valence-electron chi connectivity index (χ3n) is 3.54. The SMILES string of the molecule is CC[C@H](NCc1cc(F)ccc1F)c1cccc(S(N)(=O)=O)c1. The standard InChI is InChI=1S/C16H18F2N2O2S/c1-2-16(11-4-3-5-14(9-11)23(19,21)22)20-10-12-8-13(17)6-7-15(12)18/h3-9,16,20H,2,10H2,1H3,(H2,19,21,22)/t16-/m0/s1. The lowest BCUT2D eigenvalue weighted by atomic mass is 10.0.